The van der Waals surface area contributed by atoms with Crippen LogP contribution in [0.4, 0.5) is 0 Å². The van der Waals surface area contributed by atoms with Crippen molar-refractivity contribution < 1.29 is 0 Å². The zero-order chi connectivity index (χ0) is 9.84. The Morgan fingerprint density at radius 2 is 2.23 bits per heavy atom. The predicted molar refractivity (Wildman–Crippen MR) is 57.5 cm³/mol. The summed E-state index contributed by atoms with van der Waals surface area (Å²) < 4.78 is 0. The molecule has 1 aromatic heterocycles. The number of hydrogen-bond donors (Lipinski definition) is 0. The van der Waals surface area contributed by atoms with Gasteiger partial charge in [0.2, 0.25) is 0 Å². The topological polar surface area (TPSA) is 12.9 Å². The van der Waals surface area contributed by atoms with E-state index in [-0.39, 0.29) is 0 Å². The van der Waals surface area contributed by atoms with Crippen LogP contribution in [-0.2, 0) is 0 Å². The van der Waals surface area contributed by atoms with Crippen molar-refractivity contribution in [2.45, 2.75) is 13.8 Å². The second kappa shape index (κ2) is 4.04. The van der Waals surface area contributed by atoms with Gasteiger partial charge in [0.1, 0.15) is 0 Å². The maximum atomic E-state index is 4.01. The van der Waals surface area contributed by atoms with Gasteiger partial charge in [-0.25, -0.2) is 0 Å². The van der Waals surface area contributed by atoms with E-state index >= 15 is 0 Å². The lowest BCUT2D eigenvalue weighted by Gasteiger charge is -2.05. The minimum atomic E-state index is 0.473. The quantitative estimate of drug-likeness (QED) is 0.660. The van der Waals surface area contributed by atoms with Gasteiger partial charge in [-0.05, 0) is 28.0 Å². The molecule has 0 fully saturated rings. The van der Waals surface area contributed by atoms with E-state index in [0.29, 0.717) is 5.92 Å². The van der Waals surface area contributed by atoms with Crippen LogP contribution in [0.5, 0.6) is 0 Å². The van der Waals surface area contributed by atoms with Crippen LogP contribution in [0.1, 0.15) is 13.8 Å². The SMILES string of the molecule is C=C/C(=c1/ccncc1=C)C(C)C. The fourth-order valence-corrected chi connectivity index (χ4v) is 1.37. The Morgan fingerprint density at radius 3 is 2.69 bits per heavy atom. The Balaban J connectivity index is 3.55. The highest BCUT2D eigenvalue weighted by Gasteiger charge is 1.99. The highest BCUT2D eigenvalue weighted by Crippen LogP contribution is 2.08. The average molecular weight is 173 g/mol. The Bertz CT molecular complexity index is 401. The van der Waals surface area contributed by atoms with Crippen LogP contribution >= 0.6 is 0 Å². The summed E-state index contributed by atoms with van der Waals surface area (Å²) in [5.74, 6) is 0.473. The van der Waals surface area contributed by atoms with Crippen LogP contribution < -0.4 is 10.4 Å². The lowest BCUT2D eigenvalue weighted by Crippen LogP contribution is -2.26. The Kier molecular flexibility index (Phi) is 3.02. The van der Waals surface area contributed by atoms with E-state index < -0.39 is 0 Å². The number of allylic oxidation sites excluding steroid dienone is 1. The number of nitrogens with zero attached hydrogens (tertiary/aromatic N) is 1. The molecule has 0 radical (unpaired) electrons. The third-order valence-electron chi connectivity index (χ3n) is 2.06. The van der Waals surface area contributed by atoms with Crippen LogP contribution in [0.15, 0.2) is 31.1 Å². The van der Waals surface area contributed by atoms with Gasteiger partial charge in [0.15, 0.2) is 0 Å². The van der Waals surface area contributed by atoms with Crippen LogP contribution in [-0.4, -0.2) is 4.98 Å². The molecule has 0 unspecified atom stereocenters. The van der Waals surface area contributed by atoms with E-state index in [1.807, 2.05) is 12.1 Å². The first-order valence-electron chi connectivity index (χ1n) is 4.42. The van der Waals surface area contributed by atoms with Crippen molar-refractivity contribution in [2.24, 2.45) is 5.92 Å². The van der Waals surface area contributed by atoms with E-state index in [9.17, 15) is 0 Å². The van der Waals surface area contributed by atoms with Crippen molar-refractivity contribution in [3.05, 3.63) is 41.6 Å². The number of hydrogen-bond acceptors (Lipinski definition) is 1. The maximum absolute atomic E-state index is 4.01. The summed E-state index contributed by atoms with van der Waals surface area (Å²) >= 11 is 0. The van der Waals surface area contributed by atoms with Crippen molar-refractivity contribution >= 4 is 12.2 Å². The van der Waals surface area contributed by atoms with Gasteiger partial charge < -0.3 is 0 Å². The van der Waals surface area contributed by atoms with Gasteiger partial charge in [-0.3, -0.25) is 4.98 Å². The minimum absolute atomic E-state index is 0.473. The lowest BCUT2D eigenvalue weighted by atomic mass is 10.0. The van der Waals surface area contributed by atoms with E-state index in [2.05, 4.69) is 32.0 Å². The molecule has 1 aromatic rings. The first kappa shape index (κ1) is 9.72. The third kappa shape index (κ3) is 2.05. The molecule has 0 amide bonds. The number of pyridine rings is 1. The van der Waals surface area contributed by atoms with Crippen molar-refractivity contribution in [3.8, 4) is 0 Å². The summed E-state index contributed by atoms with van der Waals surface area (Å²) in [6, 6.07) is 1.99. The molecule has 68 valence electrons. The molecule has 0 spiro atoms. The van der Waals surface area contributed by atoms with Crippen molar-refractivity contribution in [3.63, 3.8) is 0 Å². The molecule has 1 nitrogen and oxygen atoms in total. The van der Waals surface area contributed by atoms with Crippen molar-refractivity contribution in [1.82, 2.24) is 4.98 Å². The Hall–Kier alpha value is -1.37. The molecule has 0 saturated carbocycles. The average Bonchev–Trinajstić information content (AvgIpc) is 2.09. The van der Waals surface area contributed by atoms with Crippen LogP contribution in [0.25, 0.3) is 12.2 Å². The highest BCUT2D eigenvalue weighted by molar-refractivity contribution is 5.57. The Morgan fingerprint density at radius 1 is 1.54 bits per heavy atom. The normalized spacial score (nSPS) is 12.8. The summed E-state index contributed by atoms with van der Waals surface area (Å²) in [6.07, 6.45) is 5.46. The van der Waals surface area contributed by atoms with Gasteiger partial charge in [-0.15, -0.1) is 0 Å². The number of aromatic nitrogens is 1. The molecule has 13 heavy (non-hydrogen) atoms. The third-order valence-corrected chi connectivity index (χ3v) is 2.06. The van der Waals surface area contributed by atoms with Crippen LogP contribution in [0.2, 0.25) is 0 Å². The highest BCUT2D eigenvalue weighted by atomic mass is 14.6. The van der Waals surface area contributed by atoms with E-state index in [4.69, 9.17) is 0 Å². The molecule has 0 aliphatic rings. The van der Waals surface area contributed by atoms with E-state index in [1.54, 1.807) is 12.4 Å². The lowest BCUT2D eigenvalue weighted by molar-refractivity contribution is 0.855. The van der Waals surface area contributed by atoms with Gasteiger partial charge in [0.25, 0.3) is 0 Å². The first-order chi connectivity index (χ1) is 6.16. The monoisotopic (exact) mass is 173 g/mol. The fourth-order valence-electron chi connectivity index (χ4n) is 1.37. The van der Waals surface area contributed by atoms with Gasteiger partial charge in [-0.1, -0.05) is 33.1 Å². The molecule has 0 aliphatic heterocycles. The molecule has 1 rings (SSSR count). The largest absolute Gasteiger partial charge is 0.264 e. The molecule has 0 saturated heterocycles. The molecule has 0 atom stereocenters. The maximum Gasteiger partial charge on any atom is 0.0340 e. The van der Waals surface area contributed by atoms with Crippen LogP contribution in [0, 0.1) is 5.92 Å². The second-order valence-electron chi connectivity index (χ2n) is 3.35. The van der Waals surface area contributed by atoms with Gasteiger partial charge >= 0.3 is 0 Å². The molecule has 1 heteroatoms. The second-order valence-corrected chi connectivity index (χ2v) is 3.35. The van der Waals surface area contributed by atoms with Crippen molar-refractivity contribution in [2.75, 3.05) is 0 Å². The van der Waals surface area contributed by atoms with E-state index in [1.165, 1.54) is 5.57 Å². The van der Waals surface area contributed by atoms with E-state index in [0.717, 1.165) is 10.4 Å². The Labute approximate surface area is 79.1 Å². The zero-order valence-corrected chi connectivity index (χ0v) is 8.25. The summed E-state index contributed by atoms with van der Waals surface area (Å²) in [5, 5.41) is 2.12. The molecular weight excluding hydrogens is 158 g/mol. The molecule has 1 heterocycles. The molecule has 0 N–H and O–H groups in total. The van der Waals surface area contributed by atoms with Crippen LogP contribution in [0.3, 0.4) is 0 Å². The molecule has 0 aromatic carbocycles. The fraction of sp³-hybridized carbons (Fsp3) is 0.250. The first-order valence-corrected chi connectivity index (χ1v) is 4.42. The van der Waals surface area contributed by atoms with Crippen molar-refractivity contribution in [1.29, 1.82) is 0 Å². The predicted octanol–water partition coefficient (Wildman–Crippen LogP) is 1.48. The van der Waals surface area contributed by atoms with Gasteiger partial charge in [0, 0.05) is 12.4 Å². The molecule has 0 aliphatic carbocycles. The summed E-state index contributed by atoms with van der Waals surface area (Å²) in [4.78, 5) is 4.01. The minimum Gasteiger partial charge on any atom is -0.264 e. The zero-order valence-electron chi connectivity index (χ0n) is 8.25. The molecule has 0 bridgehead atoms. The van der Waals surface area contributed by atoms with Gasteiger partial charge in [0.05, 0.1) is 0 Å². The summed E-state index contributed by atoms with van der Waals surface area (Å²) in [5.41, 5.74) is 1.23. The number of rotatable bonds is 2. The van der Waals surface area contributed by atoms with Gasteiger partial charge in [-0.2, -0.15) is 0 Å². The smallest absolute Gasteiger partial charge is 0.0340 e. The summed E-state index contributed by atoms with van der Waals surface area (Å²) in [7, 11) is 0. The molecular formula is C12H15N. The standard InChI is InChI=1S/C12H15N/c1-5-11(9(2)3)12-6-7-13-8-10(12)4/h5-9H,1,4H2,2-3H3/b12-11+. The summed E-state index contributed by atoms with van der Waals surface area (Å²) in [6.45, 7) is 12.1.